The third-order valence-electron chi connectivity index (χ3n) is 8.33. The molecule has 8 rings (SSSR count). The maximum Gasteiger partial charge on any atom is 0.0540 e. The molecule has 0 heterocycles. The zero-order chi connectivity index (χ0) is 29.3. The van der Waals surface area contributed by atoms with Crippen molar-refractivity contribution < 1.29 is 0 Å². The van der Waals surface area contributed by atoms with E-state index >= 15 is 0 Å². The minimum atomic E-state index is 1.14. The van der Waals surface area contributed by atoms with Crippen LogP contribution in [0.1, 0.15) is 0 Å². The third kappa shape index (κ3) is 4.63. The first-order valence-corrected chi connectivity index (χ1v) is 15.0. The van der Waals surface area contributed by atoms with Crippen LogP contribution in [-0.4, -0.2) is 0 Å². The van der Waals surface area contributed by atoms with Gasteiger partial charge in [0.05, 0.1) is 11.4 Å². The second-order valence-corrected chi connectivity index (χ2v) is 11.1. The molecule has 0 spiro atoms. The number of benzene rings is 8. The third-order valence-corrected chi connectivity index (χ3v) is 8.33. The highest BCUT2D eigenvalue weighted by Gasteiger charge is 2.17. The van der Waals surface area contributed by atoms with Crippen molar-refractivity contribution in [2.75, 3.05) is 9.80 Å². The van der Waals surface area contributed by atoms with Gasteiger partial charge in [-0.25, -0.2) is 0 Å². The lowest BCUT2D eigenvalue weighted by Gasteiger charge is -2.27. The molecule has 0 aliphatic carbocycles. The van der Waals surface area contributed by atoms with Crippen molar-refractivity contribution in [1.82, 2.24) is 0 Å². The topological polar surface area (TPSA) is 6.48 Å². The SMILES string of the molecule is c1ccc(N(c2ccccc2)c2cccc3cc4cc5c(N(c6ccccc6)c6ccccc6)cccc5cc4cc23)cc1. The molecule has 208 valence electrons. The Morgan fingerprint density at radius 3 is 0.886 bits per heavy atom. The largest absolute Gasteiger partial charge is 0.310 e. The van der Waals surface area contributed by atoms with Gasteiger partial charge in [-0.2, -0.15) is 0 Å². The Bertz CT molecular complexity index is 1970. The Balaban J connectivity index is 1.34. The normalized spacial score (nSPS) is 11.2. The molecule has 0 saturated carbocycles. The van der Waals surface area contributed by atoms with Gasteiger partial charge in [0.1, 0.15) is 0 Å². The lowest BCUT2D eigenvalue weighted by atomic mass is 9.97. The summed E-state index contributed by atoms with van der Waals surface area (Å²) in [7, 11) is 0. The molecule has 2 heteroatoms. The van der Waals surface area contributed by atoms with Crippen molar-refractivity contribution in [3.63, 3.8) is 0 Å². The standard InChI is InChI=1S/C42H30N2/c1-5-17-35(18-6-1)43(36-19-7-2-8-20-36)41-25-13-15-31-27-34-30-40-32(28-33(34)29-39(31)41)16-14-26-42(40)44(37-21-9-3-10-22-37)38-23-11-4-12-24-38/h1-30H. The molecule has 8 aromatic rings. The molecule has 0 aliphatic heterocycles. The van der Waals surface area contributed by atoms with Crippen LogP contribution in [-0.2, 0) is 0 Å². The van der Waals surface area contributed by atoms with Crippen LogP contribution < -0.4 is 9.80 Å². The average molecular weight is 563 g/mol. The van der Waals surface area contributed by atoms with E-state index in [0.717, 1.165) is 34.1 Å². The van der Waals surface area contributed by atoms with Crippen LogP contribution >= 0.6 is 0 Å². The van der Waals surface area contributed by atoms with Crippen LogP contribution in [0.25, 0.3) is 32.3 Å². The van der Waals surface area contributed by atoms with E-state index < -0.39 is 0 Å². The molecule has 0 amide bonds. The Morgan fingerprint density at radius 2 is 0.568 bits per heavy atom. The monoisotopic (exact) mass is 562 g/mol. The molecule has 0 saturated heterocycles. The summed E-state index contributed by atoms with van der Waals surface area (Å²) < 4.78 is 0. The number of hydrogen-bond donors (Lipinski definition) is 0. The van der Waals surface area contributed by atoms with Gasteiger partial charge in [-0.05, 0) is 106 Å². The summed E-state index contributed by atoms with van der Waals surface area (Å²) in [6.07, 6.45) is 0. The molecule has 8 aromatic carbocycles. The van der Waals surface area contributed by atoms with Gasteiger partial charge >= 0.3 is 0 Å². The number of rotatable bonds is 6. The second-order valence-electron chi connectivity index (χ2n) is 11.1. The minimum absolute atomic E-state index is 1.14. The van der Waals surface area contributed by atoms with Gasteiger partial charge in [0, 0.05) is 33.5 Å². The first kappa shape index (κ1) is 25.8. The van der Waals surface area contributed by atoms with E-state index in [9.17, 15) is 0 Å². The van der Waals surface area contributed by atoms with E-state index in [1.165, 1.54) is 32.3 Å². The van der Waals surface area contributed by atoms with Gasteiger partial charge in [0.15, 0.2) is 0 Å². The fraction of sp³-hybridized carbons (Fsp3) is 0. The molecule has 2 nitrogen and oxygen atoms in total. The highest BCUT2D eigenvalue weighted by atomic mass is 15.1. The Labute approximate surface area is 257 Å². The molecule has 0 radical (unpaired) electrons. The molecule has 0 aromatic heterocycles. The van der Waals surface area contributed by atoms with Gasteiger partial charge in [-0.15, -0.1) is 0 Å². The van der Waals surface area contributed by atoms with Gasteiger partial charge < -0.3 is 9.80 Å². The number of hydrogen-bond acceptors (Lipinski definition) is 2. The zero-order valence-corrected chi connectivity index (χ0v) is 24.2. The molecule has 0 atom stereocenters. The minimum Gasteiger partial charge on any atom is -0.310 e. The summed E-state index contributed by atoms with van der Waals surface area (Å²) in [6, 6.07) is 65.1. The van der Waals surface area contributed by atoms with E-state index in [-0.39, 0.29) is 0 Å². The van der Waals surface area contributed by atoms with Gasteiger partial charge in [-0.1, -0.05) is 97.1 Å². The number of nitrogens with zero attached hydrogens (tertiary/aromatic N) is 2. The maximum atomic E-state index is 2.36. The van der Waals surface area contributed by atoms with E-state index in [1.807, 2.05) is 0 Å². The number of anilines is 6. The summed E-state index contributed by atoms with van der Waals surface area (Å²) in [5.41, 5.74) is 6.87. The fourth-order valence-electron chi connectivity index (χ4n) is 6.32. The summed E-state index contributed by atoms with van der Waals surface area (Å²) in [5, 5.41) is 7.32. The first-order valence-electron chi connectivity index (χ1n) is 15.0. The Morgan fingerprint density at radius 1 is 0.250 bits per heavy atom. The highest BCUT2D eigenvalue weighted by Crippen LogP contribution is 2.42. The van der Waals surface area contributed by atoms with Gasteiger partial charge in [-0.3, -0.25) is 0 Å². The molecule has 0 aliphatic rings. The number of para-hydroxylation sites is 4. The molecule has 0 unspecified atom stereocenters. The summed E-state index contributed by atoms with van der Waals surface area (Å²) in [6.45, 7) is 0. The predicted octanol–water partition coefficient (Wildman–Crippen LogP) is 12.1. The van der Waals surface area contributed by atoms with Crippen LogP contribution in [0, 0.1) is 0 Å². The Kier molecular flexibility index (Phi) is 6.51. The molecule has 0 fully saturated rings. The van der Waals surface area contributed by atoms with Gasteiger partial charge in [0.2, 0.25) is 0 Å². The van der Waals surface area contributed by atoms with E-state index in [2.05, 4.69) is 192 Å². The molecular formula is C42H30N2. The summed E-state index contributed by atoms with van der Waals surface area (Å²) in [5.74, 6) is 0. The van der Waals surface area contributed by atoms with E-state index in [0.29, 0.717) is 0 Å². The van der Waals surface area contributed by atoms with E-state index in [4.69, 9.17) is 0 Å². The van der Waals surface area contributed by atoms with Gasteiger partial charge in [0.25, 0.3) is 0 Å². The van der Waals surface area contributed by atoms with Crippen LogP contribution in [0.2, 0.25) is 0 Å². The highest BCUT2D eigenvalue weighted by molar-refractivity contribution is 6.11. The number of fused-ring (bicyclic) bond motifs is 3. The maximum absolute atomic E-state index is 2.36. The van der Waals surface area contributed by atoms with Crippen LogP contribution in [0.4, 0.5) is 34.1 Å². The first-order chi connectivity index (χ1) is 21.8. The summed E-state index contributed by atoms with van der Waals surface area (Å²) in [4.78, 5) is 4.70. The molecule has 44 heavy (non-hydrogen) atoms. The quantitative estimate of drug-likeness (QED) is 0.186. The molecule has 0 N–H and O–H groups in total. The van der Waals surface area contributed by atoms with Crippen molar-refractivity contribution in [1.29, 1.82) is 0 Å². The second kappa shape index (κ2) is 11.1. The Hall–Kier alpha value is -5.86. The molecule has 0 bridgehead atoms. The van der Waals surface area contributed by atoms with Crippen molar-refractivity contribution in [2.45, 2.75) is 0 Å². The zero-order valence-electron chi connectivity index (χ0n) is 24.2. The predicted molar refractivity (Wildman–Crippen MR) is 188 cm³/mol. The van der Waals surface area contributed by atoms with Crippen LogP contribution in [0.5, 0.6) is 0 Å². The van der Waals surface area contributed by atoms with Crippen molar-refractivity contribution in [3.05, 3.63) is 182 Å². The summed E-state index contributed by atoms with van der Waals surface area (Å²) >= 11 is 0. The lowest BCUT2D eigenvalue weighted by molar-refractivity contribution is 1.30. The lowest BCUT2D eigenvalue weighted by Crippen LogP contribution is -2.10. The average Bonchev–Trinajstić information content (AvgIpc) is 3.09. The van der Waals surface area contributed by atoms with Crippen LogP contribution in [0.3, 0.4) is 0 Å². The van der Waals surface area contributed by atoms with Crippen molar-refractivity contribution in [2.24, 2.45) is 0 Å². The van der Waals surface area contributed by atoms with Crippen molar-refractivity contribution in [3.8, 4) is 0 Å². The van der Waals surface area contributed by atoms with Crippen molar-refractivity contribution >= 4 is 66.4 Å². The molecular weight excluding hydrogens is 532 g/mol. The van der Waals surface area contributed by atoms with Crippen LogP contribution in [0.15, 0.2) is 182 Å². The van der Waals surface area contributed by atoms with E-state index in [1.54, 1.807) is 0 Å². The fourth-order valence-corrected chi connectivity index (χ4v) is 6.32. The smallest absolute Gasteiger partial charge is 0.0540 e.